The molecule has 0 aromatic heterocycles. The summed E-state index contributed by atoms with van der Waals surface area (Å²) in [6.07, 6.45) is 4.64. The molecule has 1 aliphatic carbocycles. The van der Waals surface area contributed by atoms with E-state index in [1.165, 1.54) is 0 Å². The van der Waals surface area contributed by atoms with Gasteiger partial charge in [0.2, 0.25) is 0 Å². The topological polar surface area (TPSA) is 55.4 Å². The zero-order chi connectivity index (χ0) is 29.9. The van der Waals surface area contributed by atoms with Crippen LogP contribution in [0.25, 0.3) is 0 Å². The van der Waals surface area contributed by atoms with E-state index >= 15 is 8.78 Å². The molecule has 1 saturated carbocycles. The van der Waals surface area contributed by atoms with Crippen LogP contribution in [0.15, 0.2) is 24.3 Å². The number of alkyl halides is 2. The van der Waals surface area contributed by atoms with E-state index in [1.807, 2.05) is 6.92 Å². The van der Waals surface area contributed by atoms with E-state index in [4.69, 9.17) is 28.4 Å². The largest absolute Gasteiger partial charge is 0.494 e. The minimum absolute atomic E-state index is 0.136. The molecule has 1 fully saturated rings. The second-order valence-corrected chi connectivity index (χ2v) is 11.0. The van der Waals surface area contributed by atoms with Crippen molar-refractivity contribution in [2.75, 3.05) is 39.6 Å². The van der Waals surface area contributed by atoms with Gasteiger partial charge in [0.25, 0.3) is 5.92 Å². The van der Waals surface area contributed by atoms with Gasteiger partial charge in [0.15, 0.2) is 6.10 Å². The Kier molecular flexibility index (Phi) is 17.8. The fraction of sp³-hybridized carbons (Fsp3) is 0.818. The van der Waals surface area contributed by atoms with Gasteiger partial charge in [-0.1, -0.05) is 66.7 Å². The summed E-state index contributed by atoms with van der Waals surface area (Å²) in [6.45, 7) is 12.4. The maximum Gasteiger partial charge on any atom is 0.294 e. The van der Waals surface area contributed by atoms with Gasteiger partial charge in [-0.2, -0.15) is 0 Å². The predicted octanol–water partition coefficient (Wildman–Crippen LogP) is 8.25. The fourth-order valence-corrected chi connectivity index (χ4v) is 4.82. The molecule has 0 amide bonds. The number of halogens is 2. The number of ether oxygens (including phenoxy) is 6. The van der Waals surface area contributed by atoms with Crippen molar-refractivity contribution in [2.45, 2.75) is 129 Å². The Morgan fingerprint density at radius 1 is 0.585 bits per heavy atom. The Balaban J connectivity index is 2.43. The van der Waals surface area contributed by atoms with Crippen LogP contribution in [0.5, 0.6) is 11.5 Å². The Morgan fingerprint density at radius 2 is 1.05 bits per heavy atom. The lowest BCUT2D eigenvalue weighted by Gasteiger charge is -2.50. The number of benzene rings is 1. The molecular weight excluding hydrogens is 530 g/mol. The van der Waals surface area contributed by atoms with Crippen molar-refractivity contribution in [3.63, 3.8) is 0 Å². The molecule has 0 bridgehead atoms. The summed E-state index contributed by atoms with van der Waals surface area (Å²) in [5.74, 6) is -3.51. The normalized spacial score (nSPS) is 23.9. The average molecular weight is 587 g/mol. The third kappa shape index (κ3) is 11.6. The molecule has 0 radical (unpaired) electrons. The van der Waals surface area contributed by atoms with Gasteiger partial charge in [-0.05, 0) is 56.4 Å². The number of rotatable bonds is 23. The van der Waals surface area contributed by atoms with Crippen molar-refractivity contribution < 1.29 is 37.2 Å². The maximum atomic E-state index is 16.6. The first-order chi connectivity index (χ1) is 19.9. The Hall–Kier alpha value is -1.48. The van der Waals surface area contributed by atoms with Crippen molar-refractivity contribution in [3.05, 3.63) is 24.3 Å². The molecule has 8 heteroatoms. The molecule has 0 aliphatic heterocycles. The highest BCUT2D eigenvalue weighted by Crippen LogP contribution is 2.45. The standard InChI is InChI=1S/C33H56F2O6/c1-6-11-20-36-25-28-29(38-22-13-8-3)30(39-23-14-9-4)31(40-24-15-10-5)32(33(28,34)35)41-27-18-16-26(17-19-27)37-21-12-7-2/h16-19,28-32H,6-15,20-25H2,1-5H3/t28-,29-,30+,31-,32-/m1/s1. The number of hydrogen-bond acceptors (Lipinski definition) is 6. The van der Waals surface area contributed by atoms with E-state index in [-0.39, 0.29) is 6.61 Å². The second-order valence-electron chi connectivity index (χ2n) is 11.0. The maximum absolute atomic E-state index is 16.6. The van der Waals surface area contributed by atoms with Gasteiger partial charge in [0, 0.05) is 26.4 Å². The van der Waals surface area contributed by atoms with Crippen molar-refractivity contribution >= 4 is 0 Å². The van der Waals surface area contributed by atoms with Gasteiger partial charge in [-0.15, -0.1) is 0 Å². The lowest BCUT2D eigenvalue weighted by atomic mass is 9.77. The molecule has 6 nitrogen and oxygen atoms in total. The van der Waals surface area contributed by atoms with E-state index in [9.17, 15) is 0 Å². The first-order valence-corrected chi connectivity index (χ1v) is 16.1. The highest BCUT2D eigenvalue weighted by molar-refractivity contribution is 5.32. The van der Waals surface area contributed by atoms with Crippen LogP contribution < -0.4 is 9.47 Å². The van der Waals surface area contributed by atoms with Crippen molar-refractivity contribution in [3.8, 4) is 11.5 Å². The highest BCUT2D eigenvalue weighted by atomic mass is 19.3. The van der Waals surface area contributed by atoms with Crippen molar-refractivity contribution in [1.82, 2.24) is 0 Å². The molecule has 1 aliphatic rings. The summed E-state index contributed by atoms with van der Waals surface area (Å²) in [5, 5.41) is 0. The molecule has 0 saturated heterocycles. The van der Waals surface area contributed by atoms with E-state index in [0.29, 0.717) is 44.5 Å². The van der Waals surface area contributed by atoms with Crippen molar-refractivity contribution in [2.24, 2.45) is 5.92 Å². The summed E-state index contributed by atoms with van der Waals surface area (Å²) in [7, 11) is 0. The van der Waals surface area contributed by atoms with Gasteiger partial charge < -0.3 is 28.4 Å². The Labute approximate surface area is 247 Å². The first-order valence-electron chi connectivity index (χ1n) is 16.1. The molecule has 2 rings (SSSR count). The summed E-state index contributed by atoms with van der Waals surface area (Å²) >= 11 is 0. The van der Waals surface area contributed by atoms with Crippen LogP contribution in [0.2, 0.25) is 0 Å². The zero-order valence-electron chi connectivity index (χ0n) is 26.2. The average Bonchev–Trinajstić information content (AvgIpc) is 2.96. The van der Waals surface area contributed by atoms with E-state index < -0.39 is 36.3 Å². The molecule has 0 heterocycles. The summed E-state index contributed by atoms with van der Waals surface area (Å²) in [6, 6.07) is 6.89. The molecule has 5 atom stereocenters. The molecule has 1 aromatic rings. The molecule has 0 spiro atoms. The van der Waals surface area contributed by atoms with Gasteiger partial charge >= 0.3 is 0 Å². The predicted molar refractivity (Wildman–Crippen MR) is 159 cm³/mol. The SMILES string of the molecule is CCCCOC[C@@H]1[C@@H](OCCCC)[C@H](OCCCC)[C@@H](OCCCC)[C@@H](Oc2ccc(OCCCC)cc2)C1(F)F. The lowest BCUT2D eigenvalue weighted by Crippen LogP contribution is -2.69. The van der Waals surface area contributed by atoms with Crippen LogP contribution >= 0.6 is 0 Å². The summed E-state index contributed by atoms with van der Waals surface area (Å²) < 4.78 is 69.8. The molecule has 41 heavy (non-hydrogen) atoms. The van der Waals surface area contributed by atoms with Crippen molar-refractivity contribution in [1.29, 1.82) is 0 Å². The van der Waals surface area contributed by atoms with Crippen LogP contribution in [0.3, 0.4) is 0 Å². The Morgan fingerprint density at radius 3 is 1.61 bits per heavy atom. The van der Waals surface area contributed by atoms with E-state index in [2.05, 4.69) is 27.7 Å². The second kappa shape index (κ2) is 20.4. The number of hydrogen-bond donors (Lipinski definition) is 0. The lowest BCUT2D eigenvalue weighted by molar-refractivity contribution is -0.292. The van der Waals surface area contributed by atoms with Gasteiger partial charge in [-0.25, -0.2) is 8.78 Å². The van der Waals surface area contributed by atoms with Crippen LogP contribution in [0.1, 0.15) is 98.8 Å². The first kappa shape index (κ1) is 35.7. The van der Waals surface area contributed by atoms with Crippen LogP contribution in [-0.4, -0.2) is 70.0 Å². The molecule has 0 N–H and O–H groups in total. The molecule has 0 unspecified atom stereocenters. The zero-order valence-corrected chi connectivity index (χ0v) is 26.2. The smallest absolute Gasteiger partial charge is 0.294 e. The van der Waals surface area contributed by atoms with E-state index in [1.54, 1.807) is 24.3 Å². The fourth-order valence-electron chi connectivity index (χ4n) is 4.82. The Bertz CT molecular complexity index is 777. The summed E-state index contributed by atoms with van der Waals surface area (Å²) in [4.78, 5) is 0. The van der Waals surface area contributed by atoms with Gasteiger partial charge in [-0.3, -0.25) is 0 Å². The molecule has 1 aromatic carbocycles. The van der Waals surface area contributed by atoms with Crippen LogP contribution in [0, 0.1) is 5.92 Å². The quantitative estimate of drug-likeness (QED) is 0.120. The third-order valence-corrected chi connectivity index (χ3v) is 7.43. The van der Waals surface area contributed by atoms with Crippen LogP contribution in [-0.2, 0) is 18.9 Å². The minimum Gasteiger partial charge on any atom is -0.494 e. The van der Waals surface area contributed by atoms with Gasteiger partial charge in [0.05, 0.1) is 25.2 Å². The van der Waals surface area contributed by atoms with Crippen LogP contribution in [0.4, 0.5) is 8.78 Å². The monoisotopic (exact) mass is 586 g/mol. The highest BCUT2D eigenvalue weighted by Gasteiger charge is 2.64. The summed E-state index contributed by atoms with van der Waals surface area (Å²) in [5.41, 5.74) is 0. The number of unbranched alkanes of at least 4 members (excludes halogenated alkanes) is 5. The van der Waals surface area contributed by atoms with E-state index in [0.717, 1.165) is 64.2 Å². The minimum atomic E-state index is -3.29. The molecule has 238 valence electrons. The molecular formula is C33H56F2O6. The third-order valence-electron chi connectivity index (χ3n) is 7.43. The van der Waals surface area contributed by atoms with Gasteiger partial charge in [0.1, 0.15) is 23.7 Å².